The highest BCUT2D eigenvalue weighted by Crippen LogP contribution is 2.28. The lowest BCUT2D eigenvalue weighted by molar-refractivity contribution is 0.302. The van der Waals surface area contributed by atoms with Gasteiger partial charge in [0.05, 0.1) is 18.2 Å². The predicted molar refractivity (Wildman–Crippen MR) is 105 cm³/mol. The molecule has 0 fully saturated rings. The number of ether oxygens (including phenoxy) is 1. The summed E-state index contributed by atoms with van der Waals surface area (Å²) in [6.45, 7) is 4.31. The number of nitrogens with zero attached hydrogens (tertiary/aromatic N) is 4. The van der Waals surface area contributed by atoms with Crippen LogP contribution in [-0.4, -0.2) is 19.8 Å². The van der Waals surface area contributed by atoms with E-state index in [9.17, 15) is 4.79 Å². The van der Waals surface area contributed by atoms with Crippen LogP contribution in [0.5, 0.6) is 5.75 Å². The van der Waals surface area contributed by atoms with E-state index in [1.165, 1.54) is 9.36 Å². The molecule has 0 spiro atoms. The van der Waals surface area contributed by atoms with Crippen LogP contribution >= 0.6 is 0 Å². The van der Waals surface area contributed by atoms with E-state index in [0.717, 1.165) is 33.6 Å². The first-order chi connectivity index (χ1) is 13.5. The van der Waals surface area contributed by atoms with Crippen molar-refractivity contribution in [3.63, 3.8) is 0 Å². The Hall–Kier alpha value is -3.61. The molecule has 0 radical (unpaired) electrons. The average Bonchev–Trinajstić information content (AvgIpc) is 3.33. The van der Waals surface area contributed by atoms with Gasteiger partial charge in [0.15, 0.2) is 0 Å². The molecular formula is C21H20N4O3. The topological polar surface area (TPSA) is 75.1 Å². The van der Waals surface area contributed by atoms with E-state index in [4.69, 9.17) is 9.15 Å². The Labute approximate surface area is 161 Å². The minimum absolute atomic E-state index is 0.299. The van der Waals surface area contributed by atoms with Crippen LogP contribution in [0.2, 0.25) is 0 Å². The van der Waals surface area contributed by atoms with Gasteiger partial charge in [-0.05, 0) is 65.2 Å². The smallest absolute Gasteiger partial charge is 0.368 e. The maximum Gasteiger partial charge on any atom is 0.368 e. The van der Waals surface area contributed by atoms with Crippen LogP contribution in [0.1, 0.15) is 16.7 Å². The second-order valence-electron chi connectivity index (χ2n) is 6.65. The first-order valence-electron chi connectivity index (χ1n) is 8.88. The quantitative estimate of drug-likeness (QED) is 0.533. The number of benzene rings is 2. The molecule has 0 N–H and O–H groups in total. The Morgan fingerprint density at radius 1 is 1.04 bits per heavy atom. The van der Waals surface area contributed by atoms with Gasteiger partial charge >= 0.3 is 5.69 Å². The molecule has 0 unspecified atom stereocenters. The number of furan rings is 1. The summed E-state index contributed by atoms with van der Waals surface area (Å²) in [5.41, 5.74) is 5.40. The van der Waals surface area contributed by atoms with E-state index in [0.29, 0.717) is 12.3 Å². The van der Waals surface area contributed by atoms with E-state index in [1.807, 2.05) is 50.2 Å². The lowest BCUT2D eigenvalue weighted by Crippen LogP contribution is -2.23. The highest BCUT2D eigenvalue weighted by Gasteiger charge is 2.14. The van der Waals surface area contributed by atoms with Gasteiger partial charge < -0.3 is 9.15 Å². The van der Waals surface area contributed by atoms with Crippen molar-refractivity contribution in [2.24, 2.45) is 7.05 Å². The van der Waals surface area contributed by atoms with Crippen LogP contribution in [0.15, 0.2) is 64.2 Å². The molecule has 2 heterocycles. The SMILES string of the molecule is Cc1cc(-c2ccoc2)ccc1OCc1c(C)cccc1-n1nnn(C)c1=O. The molecule has 4 aromatic rings. The summed E-state index contributed by atoms with van der Waals surface area (Å²) in [6.07, 6.45) is 3.37. The highest BCUT2D eigenvalue weighted by molar-refractivity contribution is 5.64. The summed E-state index contributed by atoms with van der Waals surface area (Å²) >= 11 is 0. The van der Waals surface area contributed by atoms with Crippen molar-refractivity contribution < 1.29 is 9.15 Å². The zero-order chi connectivity index (χ0) is 19.7. The summed E-state index contributed by atoms with van der Waals surface area (Å²) in [6, 6.07) is 13.7. The molecule has 0 atom stereocenters. The van der Waals surface area contributed by atoms with Crippen LogP contribution in [0.4, 0.5) is 0 Å². The molecule has 0 aliphatic carbocycles. The second kappa shape index (κ2) is 7.19. The molecule has 0 bridgehead atoms. The van der Waals surface area contributed by atoms with Gasteiger partial charge in [0.25, 0.3) is 0 Å². The van der Waals surface area contributed by atoms with Crippen LogP contribution < -0.4 is 10.4 Å². The van der Waals surface area contributed by atoms with Gasteiger partial charge in [-0.25, -0.2) is 4.79 Å². The molecule has 28 heavy (non-hydrogen) atoms. The third kappa shape index (κ3) is 3.22. The summed E-state index contributed by atoms with van der Waals surface area (Å²) in [4.78, 5) is 12.3. The fourth-order valence-electron chi connectivity index (χ4n) is 3.11. The molecule has 0 aliphatic heterocycles. The summed E-state index contributed by atoms with van der Waals surface area (Å²) in [7, 11) is 1.57. The number of hydrogen-bond acceptors (Lipinski definition) is 5. The second-order valence-corrected chi connectivity index (χ2v) is 6.65. The van der Waals surface area contributed by atoms with Crippen LogP contribution in [0.3, 0.4) is 0 Å². The van der Waals surface area contributed by atoms with Crippen molar-refractivity contribution >= 4 is 0 Å². The number of hydrogen-bond donors (Lipinski definition) is 0. The average molecular weight is 376 g/mol. The van der Waals surface area contributed by atoms with E-state index >= 15 is 0 Å². The normalized spacial score (nSPS) is 11.0. The van der Waals surface area contributed by atoms with Crippen molar-refractivity contribution in [1.82, 2.24) is 19.8 Å². The zero-order valence-electron chi connectivity index (χ0n) is 15.9. The van der Waals surface area contributed by atoms with E-state index in [-0.39, 0.29) is 5.69 Å². The molecule has 0 saturated heterocycles. The molecule has 0 saturated carbocycles. The van der Waals surface area contributed by atoms with Gasteiger partial charge in [0.1, 0.15) is 12.4 Å². The van der Waals surface area contributed by atoms with Crippen molar-refractivity contribution in [2.75, 3.05) is 0 Å². The number of tetrazole rings is 1. The van der Waals surface area contributed by atoms with E-state index in [1.54, 1.807) is 19.6 Å². The molecule has 7 nitrogen and oxygen atoms in total. The fraction of sp³-hybridized carbons (Fsp3) is 0.190. The van der Waals surface area contributed by atoms with Crippen LogP contribution in [-0.2, 0) is 13.7 Å². The highest BCUT2D eigenvalue weighted by atomic mass is 16.5. The van der Waals surface area contributed by atoms with Crippen molar-refractivity contribution in [1.29, 1.82) is 0 Å². The summed E-state index contributed by atoms with van der Waals surface area (Å²) < 4.78 is 13.7. The van der Waals surface area contributed by atoms with Gasteiger partial charge in [0.2, 0.25) is 0 Å². The number of aryl methyl sites for hydroxylation is 3. The van der Waals surface area contributed by atoms with E-state index < -0.39 is 0 Å². The maximum atomic E-state index is 12.3. The summed E-state index contributed by atoms with van der Waals surface area (Å²) in [5.74, 6) is 0.785. The van der Waals surface area contributed by atoms with E-state index in [2.05, 4.69) is 16.5 Å². The van der Waals surface area contributed by atoms with Crippen molar-refractivity contribution in [3.05, 3.63) is 82.2 Å². The molecule has 2 aromatic heterocycles. The van der Waals surface area contributed by atoms with Gasteiger partial charge in [-0.15, -0.1) is 0 Å². The molecule has 2 aromatic carbocycles. The van der Waals surface area contributed by atoms with Gasteiger partial charge in [-0.2, -0.15) is 9.36 Å². The molecule has 7 heteroatoms. The predicted octanol–water partition coefficient (Wildman–Crippen LogP) is 3.42. The molecule has 0 amide bonds. The minimum atomic E-state index is -0.299. The zero-order valence-corrected chi connectivity index (χ0v) is 15.9. The Morgan fingerprint density at radius 2 is 1.89 bits per heavy atom. The van der Waals surface area contributed by atoms with Crippen LogP contribution in [0.25, 0.3) is 16.8 Å². The lowest BCUT2D eigenvalue weighted by Gasteiger charge is -2.14. The first kappa shape index (κ1) is 17.8. The Kier molecular flexibility index (Phi) is 4.57. The lowest BCUT2D eigenvalue weighted by atomic mass is 10.1. The van der Waals surface area contributed by atoms with Crippen molar-refractivity contribution in [3.8, 4) is 22.6 Å². The number of aromatic nitrogens is 4. The van der Waals surface area contributed by atoms with Crippen LogP contribution in [0, 0.1) is 13.8 Å². The molecule has 0 aliphatic rings. The largest absolute Gasteiger partial charge is 0.489 e. The Balaban J connectivity index is 1.62. The first-order valence-corrected chi connectivity index (χ1v) is 8.88. The molecular weight excluding hydrogens is 356 g/mol. The van der Waals surface area contributed by atoms with Crippen molar-refractivity contribution in [2.45, 2.75) is 20.5 Å². The Morgan fingerprint density at radius 3 is 2.57 bits per heavy atom. The van der Waals surface area contributed by atoms with Gasteiger partial charge in [-0.1, -0.05) is 18.2 Å². The molecule has 142 valence electrons. The number of rotatable bonds is 5. The van der Waals surface area contributed by atoms with Gasteiger partial charge in [-0.3, -0.25) is 0 Å². The fourth-order valence-corrected chi connectivity index (χ4v) is 3.11. The third-order valence-corrected chi connectivity index (χ3v) is 4.74. The minimum Gasteiger partial charge on any atom is -0.489 e. The Bertz CT molecular complexity index is 1170. The maximum absolute atomic E-state index is 12.3. The van der Waals surface area contributed by atoms with Gasteiger partial charge in [0, 0.05) is 18.2 Å². The molecule has 4 rings (SSSR count). The third-order valence-electron chi connectivity index (χ3n) is 4.74. The standard InChI is InChI=1S/C21H20N4O3/c1-14-5-4-6-19(25-21(26)24(3)22-23-25)18(14)13-28-20-8-7-16(11-15(20)2)17-9-10-27-12-17/h4-12H,13H2,1-3H3. The monoisotopic (exact) mass is 376 g/mol. The summed E-state index contributed by atoms with van der Waals surface area (Å²) in [5, 5.41) is 7.75.